The molecule has 1 aromatic rings. The molecule has 0 aromatic heterocycles. The number of nitrogens with zero attached hydrogens (tertiary/aromatic N) is 1. The lowest BCUT2D eigenvalue weighted by Crippen LogP contribution is -2.66. The number of fused-ring (bicyclic) bond motifs is 1. The molecule has 0 atom stereocenters. The molecular formula is C13H16FN3O. The van der Waals surface area contributed by atoms with E-state index in [0.717, 1.165) is 25.9 Å². The molecule has 18 heavy (non-hydrogen) atoms. The van der Waals surface area contributed by atoms with Gasteiger partial charge in [0.25, 0.3) is 5.91 Å². The van der Waals surface area contributed by atoms with Gasteiger partial charge in [-0.3, -0.25) is 4.79 Å². The Bertz CT molecular complexity index is 497. The Hall–Kier alpha value is -1.62. The molecule has 2 N–H and O–H groups in total. The minimum atomic E-state index is -0.372. The van der Waals surface area contributed by atoms with Crippen molar-refractivity contribution in [1.82, 2.24) is 10.6 Å². The third kappa shape index (κ3) is 1.58. The number of piperidine rings is 1. The van der Waals surface area contributed by atoms with Crippen LogP contribution in [0.2, 0.25) is 0 Å². The van der Waals surface area contributed by atoms with Crippen molar-refractivity contribution in [3.05, 3.63) is 29.6 Å². The zero-order chi connectivity index (χ0) is 12.8. The van der Waals surface area contributed by atoms with E-state index in [1.165, 1.54) is 12.1 Å². The number of anilines is 1. The van der Waals surface area contributed by atoms with Crippen LogP contribution in [0.5, 0.6) is 0 Å². The summed E-state index contributed by atoms with van der Waals surface area (Å²) in [5.74, 6) is -0.413. The summed E-state index contributed by atoms with van der Waals surface area (Å²) in [5.41, 5.74) is 0.854. The Morgan fingerprint density at radius 1 is 1.33 bits per heavy atom. The maximum Gasteiger partial charge on any atom is 0.255 e. The number of halogens is 1. The lowest BCUT2D eigenvalue weighted by molar-refractivity contribution is 0.0856. The monoisotopic (exact) mass is 249 g/mol. The smallest absolute Gasteiger partial charge is 0.255 e. The van der Waals surface area contributed by atoms with Crippen LogP contribution in [0.1, 0.15) is 23.2 Å². The first kappa shape index (κ1) is 11.5. The second-order valence-electron chi connectivity index (χ2n) is 4.96. The predicted molar refractivity (Wildman–Crippen MR) is 67.1 cm³/mol. The summed E-state index contributed by atoms with van der Waals surface area (Å²) in [6, 6.07) is 4.31. The number of nitrogens with one attached hydrogen (secondary N) is 2. The molecule has 1 aromatic carbocycles. The van der Waals surface area contributed by atoms with Crippen LogP contribution in [0.3, 0.4) is 0 Å². The fraction of sp³-hybridized carbons (Fsp3) is 0.462. The van der Waals surface area contributed by atoms with Gasteiger partial charge in [0.1, 0.15) is 11.5 Å². The molecule has 96 valence electrons. The van der Waals surface area contributed by atoms with Gasteiger partial charge in [0.15, 0.2) is 0 Å². The minimum absolute atomic E-state index is 0.106. The molecule has 4 nitrogen and oxygen atoms in total. The quantitative estimate of drug-likeness (QED) is 0.723. The molecule has 2 aliphatic rings. The fourth-order valence-electron chi connectivity index (χ4n) is 2.87. The van der Waals surface area contributed by atoms with Crippen molar-refractivity contribution >= 4 is 11.6 Å². The van der Waals surface area contributed by atoms with E-state index < -0.39 is 0 Å². The summed E-state index contributed by atoms with van der Waals surface area (Å²) < 4.78 is 13.4. The molecule has 1 amide bonds. The summed E-state index contributed by atoms with van der Waals surface area (Å²) in [6.45, 7) is 1.71. The Morgan fingerprint density at radius 3 is 2.78 bits per heavy atom. The van der Waals surface area contributed by atoms with E-state index in [-0.39, 0.29) is 17.4 Å². The SMILES string of the molecule is CN1c2cc(F)ccc2C(=O)NC12CCNCC2. The Kier molecular flexibility index (Phi) is 2.52. The molecule has 0 aliphatic carbocycles. The van der Waals surface area contributed by atoms with Crippen molar-refractivity contribution in [3.8, 4) is 0 Å². The molecule has 0 unspecified atom stereocenters. The number of hydrogen-bond acceptors (Lipinski definition) is 3. The normalized spacial score (nSPS) is 21.7. The van der Waals surface area contributed by atoms with Crippen LogP contribution in [0.25, 0.3) is 0 Å². The number of amides is 1. The Morgan fingerprint density at radius 2 is 2.06 bits per heavy atom. The minimum Gasteiger partial charge on any atom is -0.351 e. The van der Waals surface area contributed by atoms with Gasteiger partial charge >= 0.3 is 0 Å². The molecule has 0 saturated carbocycles. The van der Waals surface area contributed by atoms with Gasteiger partial charge in [-0.1, -0.05) is 0 Å². The van der Waals surface area contributed by atoms with E-state index in [1.807, 2.05) is 11.9 Å². The number of carbonyl (C=O) groups excluding carboxylic acids is 1. The van der Waals surface area contributed by atoms with Crippen LogP contribution in [0.15, 0.2) is 18.2 Å². The molecule has 2 aliphatic heterocycles. The van der Waals surface area contributed by atoms with Crippen molar-refractivity contribution in [3.63, 3.8) is 0 Å². The molecular weight excluding hydrogens is 233 g/mol. The van der Waals surface area contributed by atoms with Crippen LogP contribution < -0.4 is 15.5 Å². The maximum atomic E-state index is 13.4. The van der Waals surface area contributed by atoms with Gasteiger partial charge < -0.3 is 15.5 Å². The van der Waals surface area contributed by atoms with Gasteiger partial charge in [0, 0.05) is 19.9 Å². The average Bonchev–Trinajstić information content (AvgIpc) is 2.37. The summed E-state index contributed by atoms with van der Waals surface area (Å²) in [6.07, 6.45) is 1.65. The van der Waals surface area contributed by atoms with E-state index in [1.54, 1.807) is 6.07 Å². The van der Waals surface area contributed by atoms with Crippen LogP contribution in [-0.2, 0) is 0 Å². The number of rotatable bonds is 0. The van der Waals surface area contributed by atoms with E-state index in [4.69, 9.17) is 0 Å². The second kappa shape index (κ2) is 3.95. The van der Waals surface area contributed by atoms with E-state index in [2.05, 4.69) is 10.6 Å². The molecule has 0 bridgehead atoms. The summed E-state index contributed by atoms with van der Waals surface area (Å²) in [7, 11) is 1.92. The topological polar surface area (TPSA) is 44.4 Å². The first-order chi connectivity index (χ1) is 8.62. The first-order valence-corrected chi connectivity index (χ1v) is 6.19. The van der Waals surface area contributed by atoms with Crippen LogP contribution >= 0.6 is 0 Å². The van der Waals surface area contributed by atoms with E-state index in [9.17, 15) is 9.18 Å². The van der Waals surface area contributed by atoms with Gasteiger partial charge in [-0.05, 0) is 31.3 Å². The third-order valence-corrected chi connectivity index (χ3v) is 3.98. The van der Waals surface area contributed by atoms with Crippen molar-refractivity contribution in [2.24, 2.45) is 0 Å². The molecule has 1 fully saturated rings. The van der Waals surface area contributed by atoms with Gasteiger partial charge in [-0.25, -0.2) is 4.39 Å². The fourth-order valence-corrected chi connectivity index (χ4v) is 2.87. The van der Waals surface area contributed by atoms with Crippen LogP contribution in [0.4, 0.5) is 10.1 Å². The number of benzene rings is 1. The van der Waals surface area contributed by atoms with Gasteiger partial charge in [0.2, 0.25) is 0 Å². The van der Waals surface area contributed by atoms with E-state index >= 15 is 0 Å². The summed E-state index contributed by atoms with van der Waals surface area (Å²) >= 11 is 0. The summed E-state index contributed by atoms with van der Waals surface area (Å²) in [4.78, 5) is 14.1. The highest BCUT2D eigenvalue weighted by molar-refractivity contribution is 6.02. The van der Waals surface area contributed by atoms with Gasteiger partial charge in [-0.15, -0.1) is 0 Å². The zero-order valence-corrected chi connectivity index (χ0v) is 10.3. The van der Waals surface area contributed by atoms with Crippen LogP contribution in [-0.4, -0.2) is 31.7 Å². The van der Waals surface area contributed by atoms with Gasteiger partial charge in [-0.2, -0.15) is 0 Å². The lowest BCUT2D eigenvalue weighted by Gasteiger charge is -2.49. The number of hydrogen-bond donors (Lipinski definition) is 2. The second-order valence-corrected chi connectivity index (χ2v) is 4.96. The molecule has 1 saturated heterocycles. The Labute approximate surface area is 105 Å². The standard InChI is InChI=1S/C13H16FN3O/c1-17-11-8-9(14)2-3-10(11)12(18)16-13(17)4-6-15-7-5-13/h2-3,8,15H,4-7H2,1H3,(H,16,18). The third-order valence-electron chi connectivity index (χ3n) is 3.98. The highest BCUT2D eigenvalue weighted by atomic mass is 19.1. The highest BCUT2D eigenvalue weighted by Gasteiger charge is 2.42. The molecule has 0 radical (unpaired) electrons. The largest absolute Gasteiger partial charge is 0.351 e. The predicted octanol–water partition coefficient (Wildman–Crippen LogP) is 1.08. The van der Waals surface area contributed by atoms with E-state index in [0.29, 0.717) is 11.3 Å². The molecule has 5 heteroatoms. The first-order valence-electron chi connectivity index (χ1n) is 6.19. The van der Waals surface area contributed by atoms with Crippen LogP contribution in [0, 0.1) is 5.82 Å². The number of carbonyl (C=O) groups is 1. The van der Waals surface area contributed by atoms with Crippen molar-refractivity contribution in [2.75, 3.05) is 25.0 Å². The zero-order valence-electron chi connectivity index (χ0n) is 10.3. The molecule has 1 spiro atoms. The maximum absolute atomic E-state index is 13.4. The van der Waals surface area contributed by atoms with Crippen molar-refractivity contribution < 1.29 is 9.18 Å². The summed E-state index contributed by atoms with van der Waals surface area (Å²) in [5, 5.41) is 6.36. The lowest BCUT2D eigenvalue weighted by atomic mass is 9.91. The van der Waals surface area contributed by atoms with Crippen molar-refractivity contribution in [2.45, 2.75) is 18.5 Å². The Balaban J connectivity index is 2.07. The van der Waals surface area contributed by atoms with Crippen molar-refractivity contribution in [1.29, 1.82) is 0 Å². The molecule has 2 heterocycles. The highest BCUT2D eigenvalue weighted by Crippen LogP contribution is 2.35. The average molecular weight is 249 g/mol. The van der Waals surface area contributed by atoms with Gasteiger partial charge in [0.05, 0.1) is 11.3 Å². The molecule has 3 rings (SSSR count).